The Balaban J connectivity index is 2.23. The summed E-state index contributed by atoms with van der Waals surface area (Å²) in [7, 11) is 1.86. The molecule has 1 saturated carbocycles. The molecule has 2 N–H and O–H groups in total. The summed E-state index contributed by atoms with van der Waals surface area (Å²) >= 11 is 0. The van der Waals surface area contributed by atoms with Crippen LogP contribution in [0.1, 0.15) is 25.7 Å². The predicted octanol–water partition coefficient (Wildman–Crippen LogP) is 2.16. The summed E-state index contributed by atoms with van der Waals surface area (Å²) in [6.45, 7) is 2.40. The van der Waals surface area contributed by atoms with Gasteiger partial charge in [0.1, 0.15) is 0 Å². The van der Waals surface area contributed by atoms with Crippen molar-refractivity contribution in [3.63, 3.8) is 0 Å². The van der Waals surface area contributed by atoms with Gasteiger partial charge in [0.15, 0.2) is 0 Å². The van der Waals surface area contributed by atoms with Crippen LogP contribution < -0.4 is 10.6 Å². The molecular formula is C11H21F3N2. The number of halogens is 3. The van der Waals surface area contributed by atoms with Crippen LogP contribution in [0.25, 0.3) is 0 Å². The summed E-state index contributed by atoms with van der Waals surface area (Å²) < 4.78 is 37.6. The molecule has 16 heavy (non-hydrogen) atoms. The molecule has 96 valence electrons. The van der Waals surface area contributed by atoms with Crippen molar-refractivity contribution in [3.05, 3.63) is 0 Å². The zero-order valence-corrected chi connectivity index (χ0v) is 9.74. The topological polar surface area (TPSA) is 24.1 Å². The monoisotopic (exact) mass is 238 g/mol. The van der Waals surface area contributed by atoms with E-state index in [9.17, 15) is 13.2 Å². The van der Waals surface area contributed by atoms with Crippen LogP contribution in [0.15, 0.2) is 0 Å². The van der Waals surface area contributed by atoms with E-state index in [-0.39, 0.29) is 5.92 Å². The maximum atomic E-state index is 12.5. The fraction of sp³-hybridized carbons (Fsp3) is 1.00. The third kappa shape index (κ3) is 4.70. The smallest absolute Gasteiger partial charge is 0.318 e. The minimum absolute atomic E-state index is 0.192. The quantitative estimate of drug-likeness (QED) is 0.717. The van der Waals surface area contributed by atoms with E-state index in [1.54, 1.807) is 0 Å². The molecule has 0 aromatic rings. The number of nitrogens with one attached hydrogen (secondary N) is 2. The number of rotatable bonds is 5. The van der Waals surface area contributed by atoms with Gasteiger partial charge < -0.3 is 10.6 Å². The second-order valence-corrected chi connectivity index (χ2v) is 4.58. The van der Waals surface area contributed by atoms with Crippen molar-refractivity contribution in [2.75, 3.05) is 26.7 Å². The molecule has 2 atom stereocenters. The Morgan fingerprint density at radius 2 is 1.94 bits per heavy atom. The molecule has 0 aromatic carbocycles. The predicted molar refractivity (Wildman–Crippen MR) is 58.3 cm³/mol. The van der Waals surface area contributed by atoms with Gasteiger partial charge in [-0.1, -0.05) is 6.42 Å². The molecule has 1 aliphatic carbocycles. The molecule has 0 saturated heterocycles. The van der Waals surface area contributed by atoms with Crippen molar-refractivity contribution >= 4 is 0 Å². The summed E-state index contributed by atoms with van der Waals surface area (Å²) in [5, 5.41) is 6.19. The molecule has 1 fully saturated rings. The summed E-state index contributed by atoms with van der Waals surface area (Å²) in [5.41, 5.74) is 0. The first-order chi connectivity index (χ1) is 7.54. The van der Waals surface area contributed by atoms with Crippen molar-refractivity contribution in [1.29, 1.82) is 0 Å². The van der Waals surface area contributed by atoms with Crippen LogP contribution in [0.2, 0.25) is 0 Å². The molecule has 5 heteroatoms. The van der Waals surface area contributed by atoms with Gasteiger partial charge in [-0.3, -0.25) is 0 Å². The van der Waals surface area contributed by atoms with Crippen molar-refractivity contribution < 1.29 is 13.2 Å². The van der Waals surface area contributed by atoms with Crippen molar-refractivity contribution in [3.8, 4) is 0 Å². The van der Waals surface area contributed by atoms with E-state index in [2.05, 4.69) is 10.6 Å². The van der Waals surface area contributed by atoms with Gasteiger partial charge in [-0.25, -0.2) is 0 Å². The maximum Gasteiger partial charge on any atom is 0.391 e. The highest BCUT2D eigenvalue weighted by atomic mass is 19.4. The Labute approximate surface area is 95.0 Å². The van der Waals surface area contributed by atoms with E-state index in [1.165, 1.54) is 0 Å². The summed E-state index contributed by atoms with van der Waals surface area (Å²) in [6.07, 6.45) is -1.74. The average Bonchev–Trinajstić information content (AvgIpc) is 2.24. The van der Waals surface area contributed by atoms with Gasteiger partial charge in [-0.05, 0) is 38.8 Å². The standard InChI is InChI=1S/C11H21F3N2/c1-15-5-6-16-8-9-3-2-4-10(7-9)11(12,13)14/h9-10,15-16H,2-8H2,1H3. The van der Waals surface area contributed by atoms with Gasteiger partial charge in [0.25, 0.3) is 0 Å². The molecule has 2 unspecified atom stereocenters. The van der Waals surface area contributed by atoms with Crippen LogP contribution in [-0.2, 0) is 0 Å². The van der Waals surface area contributed by atoms with Gasteiger partial charge in [0.05, 0.1) is 5.92 Å². The fourth-order valence-corrected chi connectivity index (χ4v) is 2.29. The molecule has 0 radical (unpaired) electrons. The molecule has 1 aliphatic rings. The lowest BCUT2D eigenvalue weighted by Gasteiger charge is -2.30. The number of hydrogen-bond acceptors (Lipinski definition) is 2. The average molecular weight is 238 g/mol. The number of likely N-dealkylation sites (N-methyl/N-ethyl adjacent to an activating group) is 1. The molecule has 0 heterocycles. The highest BCUT2D eigenvalue weighted by Gasteiger charge is 2.41. The number of hydrogen-bond donors (Lipinski definition) is 2. The van der Waals surface area contributed by atoms with Crippen LogP contribution in [0.4, 0.5) is 13.2 Å². The van der Waals surface area contributed by atoms with Gasteiger partial charge in [-0.15, -0.1) is 0 Å². The van der Waals surface area contributed by atoms with Crippen LogP contribution in [0.3, 0.4) is 0 Å². The van der Waals surface area contributed by atoms with Crippen LogP contribution in [0.5, 0.6) is 0 Å². The molecule has 0 bridgehead atoms. The Bertz CT molecular complexity index is 194. The minimum atomic E-state index is -4.00. The SMILES string of the molecule is CNCCNCC1CCCC(C(F)(F)F)C1. The molecule has 0 aromatic heterocycles. The summed E-state index contributed by atoms with van der Waals surface area (Å²) in [4.78, 5) is 0. The highest BCUT2D eigenvalue weighted by Crippen LogP contribution is 2.39. The van der Waals surface area contributed by atoms with E-state index in [0.29, 0.717) is 25.8 Å². The molecule has 0 amide bonds. The first-order valence-electron chi connectivity index (χ1n) is 5.96. The lowest BCUT2D eigenvalue weighted by molar-refractivity contribution is -0.185. The molecule has 0 spiro atoms. The summed E-state index contributed by atoms with van der Waals surface area (Å²) in [5.74, 6) is -0.880. The lowest BCUT2D eigenvalue weighted by atomic mass is 9.81. The molecule has 2 nitrogen and oxygen atoms in total. The summed E-state index contributed by atoms with van der Waals surface area (Å²) in [6, 6.07) is 0. The van der Waals surface area contributed by atoms with Crippen LogP contribution in [-0.4, -0.2) is 32.9 Å². The van der Waals surface area contributed by atoms with Crippen molar-refractivity contribution in [1.82, 2.24) is 10.6 Å². The van der Waals surface area contributed by atoms with E-state index >= 15 is 0 Å². The number of alkyl halides is 3. The molecule has 0 aliphatic heterocycles. The highest BCUT2D eigenvalue weighted by molar-refractivity contribution is 4.78. The zero-order chi connectivity index (χ0) is 12.0. The Morgan fingerprint density at radius 3 is 2.56 bits per heavy atom. The van der Waals surface area contributed by atoms with Gasteiger partial charge >= 0.3 is 6.18 Å². The third-order valence-electron chi connectivity index (χ3n) is 3.23. The maximum absolute atomic E-state index is 12.5. The van der Waals surface area contributed by atoms with Gasteiger partial charge in [0, 0.05) is 13.1 Å². The first kappa shape index (κ1) is 13.8. The zero-order valence-electron chi connectivity index (χ0n) is 9.74. The van der Waals surface area contributed by atoms with Crippen LogP contribution >= 0.6 is 0 Å². The van der Waals surface area contributed by atoms with E-state index in [1.807, 2.05) is 7.05 Å². The van der Waals surface area contributed by atoms with Crippen LogP contribution in [0, 0.1) is 11.8 Å². The lowest BCUT2D eigenvalue weighted by Crippen LogP contribution is -2.35. The minimum Gasteiger partial charge on any atom is -0.318 e. The second kappa shape index (κ2) is 6.45. The Kier molecular flexibility index (Phi) is 5.55. The normalized spacial score (nSPS) is 27.0. The fourth-order valence-electron chi connectivity index (χ4n) is 2.29. The first-order valence-corrected chi connectivity index (χ1v) is 5.96. The largest absolute Gasteiger partial charge is 0.391 e. The van der Waals surface area contributed by atoms with Gasteiger partial charge in [-0.2, -0.15) is 13.2 Å². The third-order valence-corrected chi connectivity index (χ3v) is 3.23. The van der Waals surface area contributed by atoms with E-state index < -0.39 is 12.1 Å². The van der Waals surface area contributed by atoms with Gasteiger partial charge in [0.2, 0.25) is 0 Å². The second-order valence-electron chi connectivity index (χ2n) is 4.58. The Morgan fingerprint density at radius 1 is 1.19 bits per heavy atom. The van der Waals surface area contributed by atoms with Crippen molar-refractivity contribution in [2.45, 2.75) is 31.9 Å². The Hall–Kier alpha value is -0.290. The molecule has 1 rings (SSSR count). The van der Waals surface area contributed by atoms with E-state index in [4.69, 9.17) is 0 Å². The van der Waals surface area contributed by atoms with E-state index in [0.717, 1.165) is 19.5 Å². The molecular weight excluding hydrogens is 217 g/mol. The van der Waals surface area contributed by atoms with Crippen molar-refractivity contribution in [2.24, 2.45) is 11.8 Å².